The molecule has 0 bridgehead atoms. The van der Waals surface area contributed by atoms with Crippen molar-refractivity contribution in [3.05, 3.63) is 59.1 Å². The Morgan fingerprint density at radius 2 is 1.89 bits per heavy atom. The van der Waals surface area contributed by atoms with Crippen molar-refractivity contribution in [1.29, 1.82) is 0 Å². The van der Waals surface area contributed by atoms with Gasteiger partial charge in [0.2, 0.25) is 15.9 Å². The number of methoxy groups -OCH3 is 1. The first-order chi connectivity index (χ1) is 12.8. The number of nitrogens with one attached hydrogen (secondary N) is 1. The van der Waals surface area contributed by atoms with E-state index in [2.05, 4.69) is 5.32 Å². The van der Waals surface area contributed by atoms with Gasteiger partial charge < -0.3 is 10.1 Å². The maximum atomic E-state index is 12.2. The highest BCUT2D eigenvalue weighted by Gasteiger charge is 2.20. The molecule has 8 heteroatoms. The first-order valence-corrected chi connectivity index (χ1v) is 10.6. The highest BCUT2D eigenvalue weighted by atomic mass is 35.5. The molecule has 6 nitrogen and oxygen atoms in total. The molecule has 0 saturated heterocycles. The van der Waals surface area contributed by atoms with Crippen LogP contribution in [-0.4, -0.2) is 40.8 Å². The molecule has 0 heterocycles. The molecule has 0 unspecified atom stereocenters. The van der Waals surface area contributed by atoms with Gasteiger partial charge in [0, 0.05) is 11.6 Å². The van der Waals surface area contributed by atoms with E-state index in [9.17, 15) is 13.2 Å². The lowest BCUT2D eigenvalue weighted by Crippen LogP contribution is -2.40. The van der Waals surface area contributed by atoms with E-state index in [0.717, 1.165) is 34.7 Å². The predicted octanol–water partition coefficient (Wildman–Crippen LogP) is 2.86. The summed E-state index contributed by atoms with van der Waals surface area (Å²) in [5.41, 5.74) is 1.51. The fourth-order valence-electron chi connectivity index (χ4n) is 2.54. The fourth-order valence-corrected chi connectivity index (χ4v) is 3.52. The number of aryl methyl sites for hydroxylation is 1. The highest BCUT2D eigenvalue weighted by molar-refractivity contribution is 7.92. The monoisotopic (exact) mass is 410 g/mol. The Bertz CT molecular complexity index is 870. The fraction of sp³-hybridized carbons (Fsp3) is 0.316. The van der Waals surface area contributed by atoms with Gasteiger partial charge in [-0.1, -0.05) is 23.7 Å². The van der Waals surface area contributed by atoms with Gasteiger partial charge in [-0.2, -0.15) is 0 Å². The van der Waals surface area contributed by atoms with Crippen molar-refractivity contribution in [3.8, 4) is 5.75 Å². The number of halogens is 1. The highest BCUT2D eigenvalue weighted by Crippen LogP contribution is 2.20. The van der Waals surface area contributed by atoms with Gasteiger partial charge >= 0.3 is 0 Å². The molecule has 0 aliphatic heterocycles. The van der Waals surface area contributed by atoms with Crippen LogP contribution < -0.4 is 14.4 Å². The molecule has 0 saturated carbocycles. The zero-order chi connectivity index (χ0) is 19.9. The van der Waals surface area contributed by atoms with Gasteiger partial charge in [0.05, 0.1) is 19.1 Å². The zero-order valence-corrected chi connectivity index (χ0v) is 16.9. The number of sulfonamides is 1. The third-order valence-electron chi connectivity index (χ3n) is 3.90. The average Bonchev–Trinajstić information content (AvgIpc) is 2.63. The van der Waals surface area contributed by atoms with Crippen molar-refractivity contribution < 1.29 is 17.9 Å². The molecule has 0 spiro atoms. The van der Waals surface area contributed by atoms with E-state index in [1.807, 2.05) is 24.3 Å². The van der Waals surface area contributed by atoms with Gasteiger partial charge in [0.1, 0.15) is 12.3 Å². The topological polar surface area (TPSA) is 75.7 Å². The van der Waals surface area contributed by atoms with Crippen LogP contribution >= 0.6 is 11.6 Å². The molecule has 1 amide bonds. The van der Waals surface area contributed by atoms with E-state index in [1.165, 1.54) is 0 Å². The van der Waals surface area contributed by atoms with Gasteiger partial charge in [-0.15, -0.1) is 0 Å². The largest absolute Gasteiger partial charge is 0.497 e. The van der Waals surface area contributed by atoms with E-state index < -0.39 is 10.0 Å². The number of anilines is 1. The van der Waals surface area contributed by atoms with E-state index in [1.54, 1.807) is 31.4 Å². The maximum absolute atomic E-state index is 12.2. The van der Waals surface area contributed by atoms with Crippen LogP contribution in [0.3, 0.4) is 0 Å². The van der Waals surface area contributed by atoms with E-state index in [4.69, 9.17) is 16.3 Å². The molecular weight excluding hydrogens is 388 g/mol. The summed E-state index contributed by atoms with van der Waals surface area (Å²) < 4.78 is 30.3. The minimum atomic E-state index is -3.59. The maximum Gasteiger partial charge on any atom is 0.240 e. The van der Waals surface area contributed by atoms with Crippen LogP contribution in [0.2, 0.25) is 5.02 Å². The molecule has 0 aliphatic carbocycles. The summed E-state index contributed by atoms with van der Waals surface area (Å²) in [5, 5.41) is 3.26. The number of amides is 1. The Morgan fingerprint density at radius 3 is 2.52 bits per heavy atom. The number of benzene rings is 2. The molecule has 0 aliphatic rings. The molecule has 0 fully saturated rings. The number of nitrogens with zero attached hydrogens (tertiary/aromatic N) is 1. The van der Waals surface area contributed by atoms with Gasteiger partial charge in [-0.25, -0.2) is 8.42 Å². The van der Waals surface area contributed by atoms with Crippen molar-refractivity contribution in [2.24, 2.45) is 0 Å². The Hall–Kier alpha value is -2.25. The van der Waals surface area contributed by atoms with Crippen molar-refractivity contribution in [1.82, 2.24) is 5.32 Å². The third kappa shape index (κ3) is 6.77. The molecule has 2 aromatic carbocycles. The van der Waals surface area contributed by atoms with Crippen molar-refractivity contribution >= 4 is 33.2 Å². The van der Waals surface area contributed by atoms with Gasteiger partial charge in [-0.3, -0.25) is 9.10 Å². The number of carbonyl (C=O) groups is 1. The SMILES string of the molecule is COc1cccc(CCCNC(=O)CN(c2ccc(Cl)cc2)S(C)(=O)=O)c1. The predicted molar refractivity (Wildman–Crippen MR) is 108 cm³/mol. The Morgan fingerprint density at radius 1 is 1.19 bits per heavy atom. The number of hydrogen-bond acceptors (Lipinski definition) is 4. The van der Waals surface area contributed by atoms with Gasteiger partial charge in [-0.05, 0) is 54.8 Å². The lowest BCUT2D eigenvalue weighted by molar-refractivity contribution is -0.119. The van der Waals surface area contributed by atoms with Crippen LogP contribution in [0.15, 0.2) is 48.5 Å². The normalized spacial score (nSPS) is 11.1. The van der Waals surface area contributed by atoms with Gasteiger partial charge in [0.25, 0.3) is 0 Å². The summed E-state index contributed by atoms with van der Waals surface area (Å²) in [5.74, 6) is 0.435. The van der Waals surface area contributed by atoms with E-state index in [0.29, 0.717) is 17.3 Å². The molecule has 0 atom stereocenters. The third-order valence-corrected chi connectivity index (χ3v) is 5.29. The summed E-state index contributed by atoms with van der Waals surface area (Å²) >= 11 is 5.84. The summed E-state index contributed by atoms with van der Waals surface area (Å²) in [4.78, 5) is 12.2. The second kappa shape index (κ2) is 9.62. The van der Waals surface area contributed by atoms with Crippen LogP contribution in [0.25, 0.3) is 0 Å². The van der Waals surface area contributed by atoms with Crippen molar-refractivity contribution in [3.63, 3.8) is 0 Å². The Balaban J connectivity index is 1.87. The minimum absolute atomic E-state index is 0.278. The van der Waals surface area contributed by atoms with Gasteiger partial charge in [0.15, 0.2) is 0 Å². The number of rotatable bonds is 9. The number of ether oxygens (including phenoxy) is 1. The van der Waals surface area contributed by atoms with Crippen LogP contribution in [0, 0.1) is 0 Å². The van der Waals surface area contributed by atoms with Crippen LogP contribution in [0.4, 0.5) is 5.69 Å². The standard InChI is InChI=1S/C19H23ClN2O4S/c1-26-18-7-3-5-15(13-18)6-4-12-21-19(23)14-22(27(2,24)25)17-10-8-16(20)9-11-17/h3,5,7-11,13H,4,6,12,14H2,1-2H3,(H,21,23). The lowest BCUT2D eigenvalue weighted by atomic mass is 10.1. The lowest BCUT2D eigenvalue weighted by Gasteiger charge is -2.22. The van der Waals surface area contributed by atoms with Crippen LogP contribution in [0.1, 0.15) is 12.0 Å². The van der Waals surface area contributed by atoms with Crippen LogP contribution in [0.5, 0.6) is 5.75 Å². The Labute approximate surface area is 165 Å². The van der Waals surface area contributed by atoms with Crippen molar-refractivity contribution in [2.45, 2.75) is 12.8 Å². The summed E-state index contributed by atoms with van der Waals surface area (Å²) in [6.45, 7) is 0.174. The van der Waals surface area contributed by atoms with Crippen LogP contribution in [-0.2, 0) is 21.2 Å². The van der Waals surface area contributed by atoms with Crippen molar-refractivity contribution in [2.75, 3.05) is 30.8 Å². The molecule has 2 rings (SSSR count). The molecule has 1 N–H and O–H groups in total. The summed E-state index contributed by atoms with van der Waals surface area (Å²) in [6, 6.07) is 14.1. The van der Waals surface area contributed by atoms with E-state index >= 15 is 0 Å². The molecule has 0 aromatic heterocycles. The minimum Gasteiger partial charge on any atom is -0.497 e. The second-order valence-electron chi connectivity index (χ2n) is 6.05. The molecule has 146 valence electrons. The second-order valence-corrected chi connectivity index (χ2v) is 8.39. The molecule has 27 heavy (non-hydrogen) atoms. The van der Waals surface area contributed by atoms with E-state index in [-0.39, 0.29) is 12.5 Å². The summed E-state index contributed by atoms with van der Waals surface area (Å²) in [6.07, 6.45) is 2.58. The Kier molecular flexibility index (Phi) is 7.50. The number of carbonyl (C=O) groups excluding carboxylic acids is 1. The molecular formula is C19H23ClN2O4S. The average molecular weight is 411 g/mol. The first kappa shape index (κ1) is 21.1. The zero-order valence-electron chi connectivity index (χ0n) is 15.3. The summed E-state index contributed by atoms with van der Waals surface area (Å²) in [7, 11) is -1.97. The molecule has 0 radical (unpaired) electrons. The quantitative estimate of drug-likeness (QED) is 0.645. The number of hydrogen-bond donors (Lipinski definition) is 1. The smallest absolute Gasteiger partial charge is 0.240 e. The first-order valence-electron chi connectivity index (χ1n) is 8.42. The molecule has 2 aromatic rings.